The van der Waals surface area contributed by atoms with Crippen LogP contribution < -0.4 is 108 Å². The van der Waals surface area contributed by atoms with Gasteiger partial charge < -0.3 is 25.2 Å². The Morgan fingerprint density at radius 3 is 0.779 bits per heavy atom. The minimum atomic E-state index is -6.96. The van der Waals surface area contributed by atoms with E-state index >= 15 is 0 Å². The molecule has 0 rings (SSSR count). The van der Waals surface area contributed by atoms with Crippen molar-refractivity contribution in [1.82, 2.24) is 8.61 Å². The van der Waals surface area contributed by atoms with Crippen molar-refractivity contribution in [3.8, 4) is 0 Å². The number of carbonyl (C=O) groups is 2. The van der Waals surface area contributed by atoms with Crippen LogP contribution in [0.4, 0.5) is 123 Å². The van der Waals surface area contributed by atoms with Crippen LogP contribution in [0.25, 0.3) is 0 Å². The van der Waals surface area contributed by atoms with Crippen molar-refractivity contribution in [2.45, 2.75) is 131 Å². The van der Waals surface area contributed by atoms with E-state index < -0.39 is 192 Å². The van der Waals surface area contributed by atoms with Gasteiger partial charge in [-0.15, -0.1) is 0 Å². The molecule has 2 N–H and O–H groups in total. The molecule has 0 bridgehead atoms. The van der Waals surface area contributed by atoms with Gasteiger partial charge >= 0.3 is 158 Å². The summed E-state index contributed by atoms with van der Waals surface area (Å²) in [7, 11) is -9.26. The van der Waals surface area contributed by atoms with Gasteiger partial charge in [-0.25, -0.2) is 34.4 Å². The molecule has 0 spiro atoms. The van der Waals surface area contributed by atoms with Gasteiger partial charge in [0.1, 0.15) is 6.54 Å². The van der Waals surface area contributed by atoms with Gasteiger partial charge in [0.05, 0.1) is 31.1 Å². The number of nitrogens with zero attached hydrogens (tertiary/aromatic N) is 2. The molecule has 0 saturated carbocycles. The zero-order valence-corrected chi connectivity index (χ0v) is 47.7. The fourth-order valence-electron chi connectivity index (χ4n) is 5.77. The maximum atomic E-state index is 14.1. The second-order valence-corrected chi connectivity index (χ2v) is 19.2. The van der Waals surface area contributed by atoms with E-state index in [4.69, 9.17) is 5.11 Å². The molecule has 0 saturated heterocycles. The van der Waals surface area contributed by atoms with Crippen molar-refractivity contribution in [3.05, 3.63) is 0 Å². The van der Waals surface area contributed by atoms with Crippen LogP contribution in [0.15, 0.2) is 0 Å². The summed E-state index contributed by atoms with van der Waals surface area (Å²) < 4.78 is 418. The van der Waals surface area contributed by atoms with E-state index in [9.17, 15) is 154 Å². The molecule has 454 valence electrons. The molecular weight excluding hydrogens is 1260 g/mol. The van der Waals surface area contributed by atoms with Crippen molar-refractivity contribution in [2.24, 2.45) is 11.8 Å². The second-order valence-electron chi connectivity index (χ2n) is 15.1. The molecular formula is C33H42F28K2N2O10S2. The Kier molecular flexibility index (Phi) is 36.4. The summed E-state index contributed by atoms with van der Waals surface area (Å²) in [6.45, 7) is 0.0291. The molecule has 12 nitrogen and oxygen atoms in total. The van der Waals surface area contributed by atoms with E-state index in [1.54, 1.807) is 6.92 Å². The number of aliphatic hydroxyl groups is 1. The number of alkyl halides is 28. The van der Waals surface area contributed by atoms with E-state index in [1.807, 2.05) is 0 Å². The van der Waals surface area contributed by atoms with Gasteiger partial charge in [-0.3, -0.25) is 4.79 Å². The quantitative estimate of drug-likeness (QED) is 0.0959. The number of ether oxygens (including phenoxy) is 1. The number of esters is 1. The Bertz CT molecular complexity index is 1860. The van der Waals surface area contributed by atoms with Gasteiger partial charge in [-0.05, 0) is 31.6 Å². The monoisotopic (exact) mass is 1300 g/mol. The third-order valence-corrected chi connectivity index (χ3v) is 13.6. The van der Waals surface area contributed by atoms with Crippen LogP contribution in [0.3, 0.4) is 0 Å². The van der Waals surface area contributed by atoms with Gasteiger partial charge in [0, 0.05) is 45.4 Å². The third kappa shape index (κ3) is 24.6. The second kappa shape index (κ2) is 31.8. The van der Waals surface area contributed by atoms with Crippen molar-refractivity contribution in [2.75, 3.05) is 51.4 Å². The summed E-state index contributed by atoms with van der Waals surface area (Å²) in [5, 5.41) is 18.1. The molecule has 0 fully saturated rings. The topological polar surface area (TPSA) is 191 Å². The summed E-state index contributed by atoms with van der Waals surface area (Å²) in [5.41, 5.74) is -25.7. The summed E-state index contributed by atoms with van der Waals surface area (Å²) in [5.74, 6) is -13.8. The van der Waals surface area contributed by atoms with Crippen molar-refractivity contribution in [1.29, 1.82) is 0 Å². The molecule has 0 unspecified atom stereocenters. The van der Waals surface area contributed by atoms with Gasteiger partial charge in [0.15, 0.2) is 0 Å². The van der Waals surface area contributed by atoms with Gasteiger partial charge in [0.2, 0.25) is 20.0 Å². The summed E-state index contributed by atoms with van der Waals surface area (Å²) in [6.07, 6.45) is -72.4. The van der Waals surface area contributed by atoms with Crippen LogP contribution in [0.5, 0.6) is 0 Å². The number of carboxylic acids is 1. The molecule has 0 amide bonds. The number of carboxylic acid groups (broad SMARTS) is 1. The minimum Gasteiger partial charge on any atom is -0.870 e. The normalized spacial score (nSPS) is 14.2. The first-order valence-electron chi connectivity index (χ1n) is 19.4. The van der Waals surface area contributed by atoms with Gasteiger partial charge in [-0.1, -0.05) is 13.8 Å². The smallest absolute Gasteiger partial charge is 0.870 e. The Labute approximate surface area is 502 Å². The van der Waals surface area contributed by atoms with Crippen LogP contribution in [-0.2, 0) is 34.4 Å². The molecule has 0 heterocycles. The van der Waals surface area contributed by atoms with Crippen molar-refractivity contribution < 1.29 is 273 Å². The Balaban J connectivity index is -0.000000300. The molecule has 0 aliphatic heterocycles. The van der Waals surface area contributed by atoms with Crippen molar-refractivity contribution >= 4 is 32.0 Å². The summed E-state index contributed by atoms with van der Waals surface area (Å²) in [4.78, 5) is 21.8. The largest absolute Gasteiger partial charge is 1.00 e. The number of hydrogen-bond acceptors (Lipinski definition) is 10. The van der Waals surface area contributed by atoms with Crippen LogP contribution in [0, 0.1) is 11.8 Å². The number of aliphatic hydroxyl groups excluding tert-OH is 1. The van der Waals surface area contributed by atoms with E-state index in [0.717, 1.165) is 21.0 Å². The minimum absolute atomic E-state index is 0. The number of aliphatic carboxylic acids is 1. The standard InChI is InChI=1S/C16H19F14NO4S.C15H17F14NO4S.C2H6O.2K.H2O/c1-3-31(8-10(32)35-2)36(33,34)5-4-9(6-11(17,13(19,20)21)14(22,23)24)7-12(18,15(25,26)27)16(28,29)30;1-2-30(7-9(31)32)35(33,34)4-3-8(5-10(16,12(18,19)20)13(21,22)23)6-11(17,14(24,25)26)15(27,28)29;1-2-3;;;/h9H,3-8H2,1-2H3;8H,2-7H2,1H3,(H,31,32);3H,2H2,1H3;;;1H2/q;;;2*+1;/p-2. The van der Waals surface area contributed by atoms with Crippen LogP contribution in [0.1, 0.15) is 59.3 Å². The number of carbonyl (C=O) groups excluding carboxylic acids is 2. The Hall–Kier alpha value is -0.00727. The first-order chi connectivity index (χ1) is 32.3. The predicted octanol–water partition coefficient (Wildman–Crippen LogP) is 2.93. The zero-order chi connectivity index (χ0) is 60.4. The number of likely N-dealkylation sites (N-methyl/N-ethyl adjacent to an activating group) is 2. The first-order valence-corrected chi connectivity index (χ1v) is 22.6. The number of rotatable bonds is 22. The van der Waals surface area contributed by atoms with Crippen LogP contribution in [0.2, 0.25) is 0 Å². The molecule has 0 aliphatic rings. The Morgan fingerprint density at radius 1 is 0.455 bits per heavy atom. The summed E-state index contributed by atoms with van der Waals surface area (Å²) in [6, 6.07) is 0. The van der Waals surface area contributed by atoms with Gasteiger partial charge in [0.25, 0.3) is 22.7 Å². The Morgan fingerprint density at radius 2 is 0.636 bits per heavy atom. The van der Waals surface area contributed by atoms with E-state index in [2.05, 4.69) is 4.74 Å². The average Bonchev–Trinajstić information content (AvgIpc) is 3.16. The zero-order valence-electron chi connectivity index (χ0n) is 39.8. The number of hydrogen-bond donors (Lipinski definition) is 1. The van der Waals surface area contributed by atoms with Crippen LogP contribution >= 0.6 is 0 Å². The SMILES string of the molecule is CCN(CC(=O)OC)S(=O)(=O)CCC(CC(F)(C(F)(F)F)C(F)(F)F)CC(F)(C(F)(F)F)C(F)(F)F.CCN(CC(=O)[O-])S(=O)(=O)CCC(CC(F)(C(F)(F)F)C(F)(F)F)CC(F)(C(F)(F)F)C(F)(F)F.CCO.[K+].[K+].[OH-]. The van der Waals surface area contributed by atoms with E-state index in [-0.39, 0.29) is 123 Å². The van der Waals surface area contributed by atoms with Crippen LogP contribution in [-0.4, -0.2) is 171 Å². The number of sulfonamides is 2. The number of halogens is 28. The third-order valence-electron chi connectivity index (χ3n) is 9.77. The number of methoxy groups -OCH3 is 1. The molecule has 0 atom stereocenters. The summed E-state index contributed by atoms with van der Waals surface area (Å²) >= 11 is 0. The average molecular weight is 1300 g/mol. The van der Waals surface area contributed by atoms with Crippen molar-refractivity contribution in [3.63, 3.8) is 0 Å². The maximum Gasteiger partial charge on any atom is 1.00 e. The maximum absolute atomic E-state index is 14.1. The molecule has 44 heteroatoms. The van der Waals surface area contributed by atoms with E-state index in [0.29, 0.717) is 0 Å². The van der Waals surface area contributed by atoms with Gasteiger partial charge in [-0.2, -0.15) is 114 Å². The molecule has 77 heavy (non-hydrogen) atoms. The first kappa shape index (κ1) is 88.2. The molecule has 0 aromatic heterocycles. The molecule has 0 aromatic carbocycles. The molecule has 0 aromatic rings. The molecule has 0 aliphatic carbocycles. The van der Waals surface area contributed by atoms with E-state index in [1.165, 1.54) is 0 Å². The fourth-order valence-corrected chi connectivity index (χ4v) is 8.94. The fraction of sp³-hybridized carbons (Fsp3) is 0.939. The predicted molar refractivity (Wildman–Crippen MR) is 192 cm³/mol. The molecule has 0 radical (unpaired) electrons.